The van der Waals surface area contributed by atoms with Crippen molar-refractivity contribution < 1.29 is 14.3 Å². The van der Waals surface area contributed by atoms with Gasteiger partial charge in [0.25, 0.3) is 0 Å². The van der Waals surface area contributed by atoms with Crippen LogP contribution in [0.15, 0.2) is 12.1 Å². The number of nitrogens with two attached hydrogens (primary N) is 1. The third-order valence-electron chi connectivity index (χ3n) is 2.17. The number of hydrogen-bond acceptors (Lipinski definition) is 2. The van der Waals surface area contributed by atoms with E-state index in [1.54, 1.807) is 13.8 Å². The van der Waals surface area contributed by atoms with Gasteiger partial charge in [-0.1, -0.05) is 0 Å². The molecule has 1 unspecified atom stereocenters. The minimum absolute atomic E-state index is 0.132. The van der Waals surface area contributed by atoms with E-state index in [1.165, 1.54) is 12.1 Å². The molecular weight excluding hydrogens is 197 g/mol. The van der Waals surface area contributed by atoms with Gasteiger partial charge >= 0.3 is 5.97 Å². The Kier molecular flexibility index (Phi) is 3.42. The maximum absolute atomic E-state index is 13.4. The average Bonchev–Trinajstić information content (AvgIpc) is 2.08. The van der Waals surface area contributed by atoms with E-state index in [2.05, 4.69) is 0 Å². The molecule has 0 aromatic heterocycles. The van der Waals surface area contributed by atoms with Crippen LogP contribution < -0.4 is 5.73 Å². The monoisotopic (exact) mass is 211 g/mol. The molecule has 1 atom stereocenters. The summed E-state index contributed by atoms with van der Waals surface area (Å²) in [4.78, 5) is 10.8. The number of rotatable bonds is 3. The van der Waals surface area contributed by atoms with Crippen molar-refractivity contribution >= 4 is 5.97 Å². The van der Waals surface area contributed by atoms with Gasteiger partial charge in [0.05, 0.1) is 5.56 Å². The van der Waals surface area contributed by atoms with Crippen LogP contribution in [-0.4, -0.2) is 17.1 Å². The predicted molar refractivity (Wildman–Crippen MR) is 55.4 cm³/mol. The van der Waals surface area contributed by atoms with Gasteiger partial charge in [0.15, 0.2) is 0 Å². The molecule has 0 fully saturated rings. The lowest BCUT2D eigenvalue weighted by atomic mass is 10.0. The highest BCUT2D eigenvalue weighted by atomic mass is 19.1. The third kappa shape index (κ3) is 2.76. The Bertz CT molecular complexity index is 388. The molecule has 0 aliphatic heterocycles. The minimum atomic E-state index is -1.04. The Morgan fingerprint density at radius 1 is 1.60 bits per heavy atom. The minimum Gasteiger partial charge on any atom is -0.478 e. The van der Waals surface area contributed by atoms with Crippen molar-refractivity contribution in [1.29, 1.82) is 0 Å². The lowest BCUT2D eigenvalue weighted by Crippen LogP contribution is -2.19. The van der Waals surface area contributed by atoms with Crippen molar-refractivity contribution in [2.45, 2.75) is 26.3 Å². The number of halogens is 1. The second-order valence-electron chi connectivity index (χ2n) is 3.75. The molecule has 0 saturated carbocycles. The summed E-state index contributed by atoms with van der Waals surface area (Å²) >= 11 is 0. The van der Waals surface area contributed by atoms with E-state index in [0.717, 1.165) is 0 Å². The number of aromatic carboxylic acids is 1. The highest BCUT2D eigenvalue weighted by Crippen LogP contribution is 2.16. The zero-order valence-corrected chi connectivity index (χ0v) is 8.75. The lowest BCUT2D eigenvalue weighted by Gasteiger charge is -2.09. The fraction of sp³-hybridized carbons (Fsp3) is 0.364. The summed E-state index contributed by atoms with van der Waals surface area (Å²) in [5.74, 6) is -1.44. The van der Waals surface area contributed by atoms with E-state index >= 15 is 0 Å². The smallest absolute Gasteiger partial charge is 0.335 e. The Morgan fingerprint density at radius 2 is 2.20 bits per heavy atom. The summed E-state index contributed by atoms with van der Waals surface area (Å²) in [5, 5.41) is 8.86. The first-order valence-corrected chi connectivity index (χ1v) is 4.69. The highest BCUT2D eigenvalue weighted by Gasteiger charge is 2.13. The Hall–Kier alpha value is -1.42. The van der Waals surface area contributed by atoms with Crippen LogP contribution in [0.2, 0.25) is 0 Å². The van der Waals surface area contributed by atoms with Crippen molar-refractivity contribution in [3.05, 3.63) is 34.6 Å². The van der Waals surface area contributed by atoms with Crippen molar-refractivity contribution in [2.75, 3.05) is 0 Å². The van der Waals surface area contributed by atoms with Crippen LogP contribution in [-0.2, 0) is 6.42 Å². The molecule has 15 heavy (non-hydrogen) atoms. The van der Waals surface area contributed by atoms with Crippen LogP contribution in [0.5, 0.6) is 0 Å². The average molecular weight is 211 g/mol. The number of hydrogen-bond donors (Lipinski definition) is 2. The SMILES string of the molecule is Cc1cc(F)c(CC(C)N)cc1C(=O)O. The molecule has 1 rings (SSSR count). The first kappa shape index (κ1) is 11.7. The van der Waals surface area contributed by atoms with Gasteiger partial charge < -0.3 is 10.8 Å². The van der Waals surface area contributed by atoms with Gasteiger partial charge in [0, 0.05) is 6.04 Å². The number of benzene rings is 1. The van der Waals surface area contributed by atoms with Crippen molar-refractivity contribution in [1.82, 2.24) is 0 Å². The Balaban J connectivity index is 3.17. The molecule has 82 valence electrons. The first-order valence-electron chi connectivity index (χ1n) is 4.69. The number of carbonyl (C=O) groups is 1. The van der Waals surface area contributed by atoms with Crippen molar-refractivity contribution in [2.24, 2.45) is 5.73 Å². The Morgan fingerprint density at radius 3 is 2.67 bits per heavy atom. The fourth-order valence-corrected chi connectivity index (χ4v) is 1.45. The van der Waals surface area contributed by atoms with Gasteiger partial charge in [-0.15, -0.1) is 0 Å². The molecule has 4 heteroatoms. The number of carboxylic acid groups (broad SMARTS) is 1. The lowest BCUT2D eigenvalue weighted by molar-refractivity contribution is 0.0696. The maximum Gasteiger partial charge on any atom is 0.335 e. The standard InChI is InChI=1S/C11H14FNO2/c1-6-3-10(12)8(4-7(2)13)5-9(6)11(14)15/h3,5,7H,4,13H2,1-2H3,(H,14,15). The van der Waals surface area contributed by atoms with E-state index in [0.29, 0.717) is 17.5 Å². The quantitative estimate of drug-likeness (QED) is 0.800. The molecule has 0 saturated heterocycles. The summed E-state index contributed by atoms with van der Waals surface area (Å²) < 4.78 is 13.4. The van der Waals surface area contributed by atoms with Crippen LogP contribution in [0.4, 0.5) is 4.39 Å². The van der Waals surface area contributed by atoms with Crippen LogP contribution in [0.1, 0.15) is 28.4 Å². The van der Waals surface area contributed by atoms with Gasteiger partial charge in [-0.3, -0.25) is 0 Å². The first-order chi connectivity index (χ1) is 6.91. The molecule has 1 aromatic rings. The predicted octanol–water partition coefficient (Wildman–Crippen LogP) is 1.72. The van der Waals surface area contributed by atoms with E-state index in [1.807, 2.05) is 0 Å². The molecular formula is C11H14FNO2. The van der Waals surface area contributed by atoms with Gasteiger partial charge in [-0.2, -0.15) is 0 Å². The largest absolute Gasteiger partial charge is 0.478 e. The summed E-state index contributed by atoms with van der Waals surface area (Å²) in [7, 11) is 0. The molecule has 0 aliphatic carbocycles. The molecule has 3 N–H and O–H groups in total. The van der Waals surface area contributed by atoms with Gasteiger partial charge in [0.2, 0.25) is 0 Å². The number of aryl methyl sites for hydroxylation is 1. The molecule has 0 heterocycles. The molecule has 0 bridgehead atoms. The topological polar surface area (TPSA) is 63.3 Å². The number of carboxylic acids is 1. The second-order valence-corrected chi connectivity index (χ2v) is 3.75. The summed E-state index contributed by atoms with van der Waals surface area (Å²) in [6, 6.07) is 2.40. The van der Waals surface area contributed by atoms with Gasteiger partial charge in [-0.25, -0.2) is 9.18 Å². The highest BCUT2D eigenvalue weighted by molar-refractivity contribution is 5.89. The zero-order valence-electron chi connectivity index (χ0n) is 8.75. The molecule has 1 aromatic carbocycles. The summed E-state index contributed by atoms with van der Waals surface area (Å²) in [6.07, 6.45) is 0.340. The van der Waals surface area contributed by atoms with Crippen LogP contribution >= 0.6 is 0 Å². The van der Waals surface area contributed by atoms with Crippen LogP contribution in [0.25, 0.3) is 0 Å². The summed E-state index contributed by atoms with van der Waals surface area (Å²) in [6.45, 7) is 3.32. The van der Waals surface area contributed by atoms with E-state index in [4.69, 9.17) is 10.8 Å². The Labute approximate surface area is 87.7 Å². The molecule has 0 radical (unpaired) electrons. The molecule has 3 nitrogen and oxygen atoms in total. The third-order valence-corrected chi connectivity index (χ3v) is 2.17. The van der Waals surface area contributed by atoms with E-state index in [-0.39, 0.29) is 11.6 Å². The molecule has 0 aliphatic rings. The van der Waals surface area contributed by atoms with E-state index < -0.39 is 11.8 Å². The van der Waals surface area contributed by atoms with Crippen LogP contribution in [0, 0.1) is 12.7 Å². The summed E-state index contributed by atoms with van der Waals surface area (Å²) in [5.41, 5.74) is 6.45. The van der Waals surface area contributed by atoms with Gasteiger partial charge in [0.1, 0.15) is 5.82 Å². The normalized spacial score (nSPS) is 12.5. The van der Waals surface area contributed by atoms with Gasteiger partial charge in [-0.05, 0) is 43.5 Å². The molecule has 0 amide bonds. The van der Waals surface area contributed by atoms with Crippen molar-refractivity contribution in [3.8, 4) is 0 Å². The van der Waals surface area contributed by atoms with E-state index in [9.17, 15) is 9.18 Å². The van der Waals surface area contributed by atoms with Crippen molar-refractivity contribution in [3.63, 3.8) is 0 Å². The molecule has 0 spiro atoms. The fourth-order valence-electron chi connectivity index (χ4n) is 1.45. The van der Waals surface area contributed by atoms with Crippen LogP contribution in [0.3, 0.4) is 0 Å². The maximum atomic E-state index is 13.4. The zero-order chi connectivity index (χ0) is 11.6. The second kappa shape index (κ2) is 4.40.